The summed E-state index contributed by atoms with van der Waals surface area (Å²) in [6.07, 6.45) is -8.96. The van der Waals surface area contributed by atoms with E-state index in [1.54, 1.807) is 0 Å². The number of hydrogen-bond acceptors (Lipinski definition) is 3. The molecule has 0 heterocycles. The quantitative estimate of drug-likeness (QED) is 0.541. The molecule has 0 aromatic rings. The molecule has 0 aliphatic heterocycles. The van der Waals surface area contributed by atoms with Crippen molar-refractivity contribution in [3.63, 3.8) is 0 Å². The van der Waals surface area contributed by atoms with Crippen LogP contribution in [0.15, 0.2) is 0 Å². The summed E-state index contributed by atoms with van der Waals surface area (Å²) in [4.78, 5) is 0. The summed E-state index contributed by atoms with van der Waals surface area (Å²) < 4.78 is 87.2. The SMILES string of the molecule is O=S(=O)([O-])C(F)(F)CCC(F)(F)F. The van der Waals surface area contributed by atoms with Gasteiger partial charge in [-0.3, -0.25) is 0 Å². The number of hydrogen-bond donors (Lipinski definition) is 0. The maximum atomic E-state index is 12.1. The van der Waals surface area contributed by atoms with Crippen molar-refractivity contribution in [3.8, 4) is 0 Å². The second kappa shape index (κ2) is 3.37. The molecule has 0 aromatic carbocycles. The van der Waals surface area contributed by atoms with Crippen molar-refractivity contribution in [3.05, 3.63) is 0 Å². The Hall–Kier alpha value is -0.440. The van der Waals surface area contributed by atoms with Crippen LogP contribution in [0.25, 0.3) is 0 Å². The van der Waals surface area contributed by atoms with E-state index in [1.165, 1.54) is 0 Å². The summed E-state index contributed by atoms with van der Waals surface area (Å²) in [5, 5.41) is -4.86. The molecule has 0 saturated carbocycles. The Morgan fingerprint density at radius 1 is 1.00 bits per heavy atom. The fourth-order valence-corrected chi connectivity index (χ4v) is 0.764. The van der Waals surface area contributed by atoms with Crippen molar-refractivity contribution in [2.45, 2.75) is 24.3 Å². The highest BCUT2D eigenvalue weighted by atomic mass is 32.2. The highest BCUT2D eigenvalue weighted by Gasteiger charge is 2.41. The van der Waals surface area contributed by atoms with Crippen molar-refractivity contribution in [2.75, 3.05) is 0 Å². The molecule has 0 radical (unpaired) electrons. The van der Waals surface area contributed by atoms with Crippen LogP contribution in [0, 0.1) is 0 Å². The molecule has 0 saturated heterocycles. The number of rotatable bonds is 3. The standard InChI is InChI=1S/C4H5F5O3S/c5-3(6,7)1-2-4(8,9)13(10,11)12/h1-2H2,(H,10,11,12)/p-1. The Balaban J connectivity index is 4.38. The van der Waals surface area contributed by atoms with Crippen molar-refractivity contribution < 1.29 is 34.9 Å². The van der Waals surface area contributed by atoms with E-state index in [0.29, 0.717) is 0 Å². The third-order valence-corrected chi connectivity index (χ3v) is 2.00. The van der Waals surface area contributed by atoms with E-state index in [2.05, 4.69) is 0 Å². The van der Waals surface area contributed by atoms with Gasteiger partial charge in [-0.2, -0.15) is 22.0 Å². The second-order valence-corrected chi connectivity index (χ2v) is 3.71. The Labute approximate surface area is 70.3 Å². The second-order valence-electron chi connectivity index (χ2n) is 2.21. The van der Waals surface area contributed by atoms with E-state index in [9.17, 15) is 34.9 Å². The fourth-order valence-electron chi connectivity index (χ4n) is 0.412. The van der Waals surface area contributed by atoms with Gasteiger partial charge in [0.15, 0.2) is 10.1 Å². The molecular weight excluding hydrogens is 223 g/mol. The normalized spacial score (nSPS) is 14.6. The maximum absolute atomic E-state index is 12.1. The molecule has 0 fully saturated rings. The zero-order valence-corrected chi connectivity index (χ0v) is 6.75. The van der Waals surface area contributed by atoms with Crippen LogP contribution in [-0.4, -0.2) is 24.4 Å². The molecule has 3 nitrogen and oxygen atoms in total. The van der Waals surface area contributed by atoms with Crippen LogP contribution < -0.4 is 0 Å². The molecule has 0 unspecified atom stereocenters. The van der Waals surface area contributed by atoms with Crippen LogP contribution in [0.2, 0.25) is 0 Å². The predicted molar refractivity (Wildman–Crippen MR) is 29.9 cm³/mol. The van der Waals surface area contributed by atoms with Gasteiger partial charge in [-0.05, 0) is 0 Å². The predicted octanol–water partition coefficient (Wildman–Crippen LogP) is 1.47. The average Bonchev–Trinajstić information content (AvgIpc) is 1.79. The molecule has 0 amide bonds. The van der Waals surface area contributed by atoms with Crippen LogP contribution in [0.5, 0.6) is 0 Å². The monoisotopic (exact) mass is 227 g/mol. The first kappa shape index (κ1) is 12.6. The van der Waals surface area contributed by atoms with E-state index in [4.69, 9.17) is 0 Å². The number of halogens is 5. The Bertz CT molecular complexity index is 266. The van der Waals surface area contributed by atoms with Crippen LogP contribution >= 0.6 is 0 Å². The van der Waals surface area contributed by atoms with E-state index in [-0.39, 0.29) is 0 Å². The van der Waals surface area contributed by atoms with Gasteiger partial charge in [0.1, 0.15) is 0 Å². The van der Waals surface area contributed by atoms with E-state index in [0.717, 1.165) is 0 Å². The molecule has 0 N–H and O–H groups in total. The summed E-state index contributed by atoms with van der Waals surface area (Å²) >= 11 is 0. The minimum atomic E-state index is -6.01. The van der Waals surface area contributed by atoms with Crippen molar-refractivity contribution in [1.29, 1.82) is 0 Å². The first-order valence-electron chi connectivity index (χ1n) is 2.86. The third kappa shape index (κ3) is 4.36. The smallest absolute Gasteiger partial charge is 0.389 e. The van der Waals surface area contributed by atoms with Gasteiger partial charge in [-0.15, -0.1) is 0 Å². The molecular formula is C4H4F5O3S-. The van der Waals surface area contributed by atoms with Gasteiger partial charge in [0.2, 0.25) is 0 Å². The number of alkyl halides is 5. The lowest BCUT2D eigenvalue weighted by molar-refractivity contribution is -0.144. The van der Waals surface area contributed by atoms with Crippen LogP contribution in [0.1, 0.15) is 12.8 Å². The van der Waals surface area contributed by atoms with Gasteiger partial charge in [0, 0.05) is 6.42 Å². The Morgan fingerprint density at radius 3 is 1.62 bits per heavy atom. The van der Waals surface area contributed by atoms with E-state index in [1.807, 2.05) is 0 Å². The van der Waals surface area contributed by atoms with Crippen LogP contribution in [0.3, 0.4) is 0 Å². The zero-order valence-electron chi connectivity index (χ0n) is 5.94. The lowest BCUT2D eigenvalue weighted by atomic mass is 10.3. The minimum absolute atomic E-state index is 2.01. The first-order chi connectivity index (χ1) is 5.46. The highest BCUT2D eigenvalue weighted by molar-refractivity contribution is 7.86. The summed E-state index contributed by atoms with van der Waals surface area (Å²) in [6.45, 7) is 0. The third-order valence-electron chi connectivity index (χ3n) is 1.07. The zero-order chi connectivity index (χ0) is 10.9. The fraction of sp³-hybridized carbons (Fsp3) is 1.00. The Morgan fingerprint density at radius 2 is 1.38 bits per heavy atom. The minimum Gasteiger partial charge on any atom is -0.743 e. The lowest BCUT2D eigenvalue weighted by Gasteiger charge is -2.20. The summed E-state index contributed by atoms with van der Waals surface area (Å²) in [5.74, 6) is 0. The molecule has 0 aliphatic carbocycles. The summed E-state index contributed by atoms with van der Waals surface area (Å²) in [7, 11) is -6.01. The van der Waals surface area contributed by atoms with E-state index >= 15 is 0 Å². The van der Waals surface area contributed by atoms with Gasteiger partial charge in [-0.1, -0.05) is 0 Å². The average molecular weight is 227 g/mol. The topological polar surface area (TPSA) is 57.2 Å². The van der Waals surface area contributed by atoms with Gasteiger partial charge in [0.25, 0.3) is 0 Å². The van der Waals surface area contributed by atoms with Gasteiger partial charge in [-0.25, -0.2) is 8.42 Å². The molecule has 13 heavy (non-hydrogen) atoms. The van der Waals surface area contributed by atoms with Crippen molar-refractivity contribution >= 4 is 10.1 Å². The van der Waals surface area contributed by atoms with Gasteiger partial charge < -0.3 is 4.55 Å². The highest BCUT2D eigenvalue weighted by Crippen LogP contribution is 2.31. The molecule has 0 rings (SSSR count). The summed E-state index contributed by atoms with van der Waals surface area (Å²) in [6, 6.07) is 0. The lowest BCUT2D eigenvalue weighted by Crippen LogP contribution is -2.30. The van der Waals surface area contributed by atoms with Gasteiger partial charge in [0.05, 0.1) is 6.42 Å². The molecule has 9 heteroatoms. The summed E-state index contributed by atoms with van der Waals surface area (Å²) in [5.41, 5.74) is 0. The van der Waals surface area contributed by atoms with Crippen LogP contribution in [-0.2, 0) is 10.1 Å². The molecule has 0 spiro atoms. The van der Waals surface area contributed by atoms with Crippen LogP contribution in [0.4, 0.5) is 22.0 Å². The molecule has 0 bridgehead atoms. The van der Waals surface area contributed by atoms with Crippen molar-refractivity contribution in [1.82, 2.24) is 0 Å². The Kier molecular flexibility index (Phi) is 3.26. The largest absolute Gasteiger partial charge is 0.743 e. The molecule has 0 aliphatic rings. The first-order valence-corrected chi connectivity index (χ1v) is 4.26. The van der Waals surface area contributed by atoms with E-state index < -0.39 is 34.4 Å². The van der Waals surface area contributed by atoms with Crippen molar-refractivity contribution in [2.24, 2.45) is 0 Å². The molecule has 80 valence electrons. The molecule has 0 atom stereocenters. The van der Waals surface area contributed by atoms with Gasteiger partial charge >= 0.3 is 11.4 Å². The molecule has 0 aromatic heterocycles. The maximum Gasteiger partial charge on any atom is 0.389 e.